The molecule has 0 bridgehead atoms. The van der Waals surface area contributed by atoms with E-state index in [1.807, 2.05) is 12.1 Å². The third kappa shape index (κ3) is 5.07. The predicted molar refractivity (Wildman–Crippen MR) is 87.1 cm³/mol. The van der Waals surface area contributed by atoms with Crippen molar-refractivity contribution in [2.24, 2.45) is 0 Å². The number of ether oxygens (including phenoxy) is 1. The Bertz CT molecular complexity index is 677. The van der Waals surface area contributed by atoms with Crippen molar-refractivity contribution in [2.75, 3.05) is 13.7 Å². The molecule has 0 saturated carbocycles. The summed E-state index contributed by atoms with van der Waals surface area (Å²) in [6.45, 7) is 0.553. The minimum Gasteiger partial charge on any atom is -0.469 e. The highest BCUT2D eigenvalue weighted by atomic mass is 35.5. The molecule has 0 N–H and O–H groups in total. The molecule has 1 amide bonds. The highest BCUT2D eigenvalue weighted by molar-refractivity contribution is 6.30. The monoisotopic (exact) mass is 332 g/mol. The number of aromatic nitrogens is 1. The average Bonchev–Trinajstić information content (AvgIpc) is 2.58. The van der Waals surface area contributed by atoms with Gasteiger partial charge in [-0.2, -0.15) is 0 Å². The zero-order valence-electron chi connectivity index (χ0n) is 12.7. The minimum absolute atomic E-state index is 0.121. The van der Waals surface area contributed by atoms with Crippen LogP contribution >= 0.6 is 11.6 Å². The van der Waals surface area contributed by atoms with Crippen LogP contribution in [0.5, 0.6) is 0 Å². The summed E-state index contributed by atoms with van der Waals surface area (Å²) in [4.78, 5) is 29.9. The number of rotatable bonds is 6. The topological polar surface area (TPSA) is 59.5 Å². The number of carbonyl (C=O) groups is 2. The summed E-state index contributed by atoms with van der Waals surface area (Å²) < 4.78 is 4.64. The molecule has 0 saturated heterocycles. The highest BCUT2D eigenvalue weighted by Gasteiger charge is 2.18. The van der Waals surface area contributed by atoms with Crippen molar-refractivity contribution in [1.82, 2.24) is 9.88 Å². The zero-order chi connectivity index (χ0) is 16.7. The molecule has 2 aromatic rings. The van der Waals surface area contributed by atoms with Crippen LogP contribution in [-0.4, -0.2) is 35.4 Å². The van der Waals surface area contributed by atoms with Crippen LogP contribution in [0.4, 0.5) is 0 Å². The van der Waals surface area contributed by atoms with E-state index in [4.69, 9.17) is 11.6 Å². The van der Waals surface area contributed by atoms with E-state index in [-0.39, 0.29) is 24.8 Å². The Morgan fingerprint density at radius 2 is 2.04 bits per heavy atom. The summed E-state index contributed by atoms with van der Waals surface area (Å²) in [5.41, 5.74) is 1.21. The van der Waals surface area contributed by atoms with Gasteiger partial charge in [0.2, 0.25) is 0 Å². The van der Waals surface area contributed by atoms with Crippen molar-refractivity contribution < 1.29 is 14.3 Å². The van der Waals surface area contributed by atoms with Crippen LogP contribution in [-0.2, 0) is 16.1 Å². The number of nitrogens with zero attached hydrogens (tertiary/aromatic N) is 2. The van der Waals surface area contributed by atoms with Gasteiger partial charge in [-0.15, -0.1) is 0 Å². The first-order valence-electron chi connectivity index (χ1n) is 7.11. The molecule has 0 aliphatic heterocycles. The van der Waals surface area contributed by atoms with Crippen LogP contribution in [0.3, 0.4) is 0 Å². The summed E-state index contributed by atoms with van der Waals surface area (Å²) in [6.07, 6.45) is 1.79. The molecule has 23 heavy (non-hydrogen) atoms. The maximum Gasteiger partial charge on any atom is 0.307 e. The van der Waals surface area contributed by atoms with Gasteiger partial charge >= 0.3 is 5.97 Å². The number of pyridine rings is 1. The van der Waals surface area contributed by atoms with E-state index in [2.05, 4.69) is 9.72 Å². The molecule has 0 unspecified atom stereocenters. The summed E-state index contributed by atoms with van der Waals surface area (Å²) in [5, 5.41) is 0.488. The molecule has 1 aromatic carbocycles. The third-order valence-corrected chi connectivity index (χ3v) is 3.49. The van der Waals surface area contributed by atoms with Crippen LogP contribution in [0, 0.1) is 0 Å². The zero-order valence-corrected chi connectivity index (χ0v) is 13.5. The van der Waals surface area contributed by atoms with Gasteiger partial charge in [0.05, 0.1) is 25.8 Å². The van der Waals surface area contributed by atoms with Gasteiger partial charge in [0.1, 0.15) is 0 Å². The van der Waals surface area contributed by atoms with Gasteiger partial charge in [-0.1, -0.05) is 23.7 Å². The van der Waals surface area contributed by atoms with Crippen molar-refractivity contribution >= 4 is 23.5 Å². The summed E-state index contributed by atoms with van der Waals surface area (Å²) >= 11 is 5.95. The fraction of sp³-hybridized carbons (Fsp3) is 0.235. The smallest absolute Gasteiger partial charge is 0.307 e. The van der Waals surface area contributed by atoms with Gasteiger partial charge < -0.3 is 9.64 Å². The molecule has 1 heterocycles. The Morgan fingerprint density at radius 1 is 1.22 bits per heavy atom. The molecule has 0 aliphatic carbocycles. The van der Waals surface area contributed by atoms with Gasteiger partial charge in [0.25, 0.3) is 5.91 Å². The Balaban J connectivity index is 2.17. The van der Waals surface area contributed by atoms with Crippen molar-refractivity contribution in [1.29, 1.82) is 0 Å². The number of methoxy groups -OCH3 is 1. The molecule has 0 aliphatic rings. The predicted octanol–water partition coefficient (Wildman–Crippen LogP) is 2.94. The highest BCUT2D eigenvalue weighted by Crippen LogP contribution is 2.14. The van der Waals surface area contributed by atoms with Gasteiger partial charge in [0, 0.05) is 23.3 Å². The van der Waals surface area contributed by atoms with E-state index in [0.717, 1.165) is 5.69 Å². The molecule has 0 spiro atoms. The van der Waals surface area contributed by atoms with E-state index in [9.17, 15) is 9.59 Å². The number of hydrogen-bond donors (Lipinski definition) is 0. The molecule has 2 rings (SSSR count). The first kappa shape index (κ1) is 17.0. The molecule has 0 fully saturated rings. The largest absolute Gasteiger partial charge is 0.469 e. The summed E-state index contributed by atoms with van der Waals surface area (Å²) in [6, 6.07) is 12.2. The average molecular weight is 333 g/mol. The van der Waals surface area contributed by atoms with Crippen molar-refractivity contribution in [3.63, 3.8) is 0 Å². The lowest BCUT2D eigenvalue weighted by Crippen LogP contribution is -2.33. The number of halogens is 1. The molecule has 1 aromatic heterocycles. The first-order chi connectivity index (χ1) is 11.1. The van der Waals surface area contributed by atoms with E-state index >= 15 is 0 Å². The quantitative estimate of drug-likeness (QED) is 0.763. The fourth-order valence-electron chi connectivity index (χ4n) is 2.07. The molecule has 6 heteroatoms. The van der Waals surface area contributed by atoms with Crippen LogP contribution in [0.25, 0.3) is 0 Å². The van der Waals surface area contributed by atoms with Gasteiger partial charge in [0.15, 0.2) is 0 Å². The molecular weight excluding hydrogens is 316 g/mol. The lowest BCUT2D eigenvalue weighted by atomic mass is 10.2. The normalized spacial score (nSPS) is 10.2. The van der Waals surface area contributed by atoms with E-state index in [1.54, 1.807) is 41.4 Å². The SMILES string of the molecule is COC(=O)CCN(Cc1ccccn1)C(=O)c1cccc(Cl)c1. The second-order valence-corrected chi connectivity index (χ2v) is 5.32. The Labute approximate surface area is 139 Å². The summed E-state index contributed by atoms with van der Waals surface area (Å²) in [7, 11) is 1.32. The standard InChI is InChI=1S/C17H17ClN2O3/c1-23-16(21)8-10-20(12-15-7-2-3-9-19-15)17(22)13-5-4-6-14(18)11-13/h2-7,9,11H,8,10,12H2,1H3. The van der Waals surface area contributed by atoms with Gasteiger partial charge in [-0.25, -0.2) is 0 Å². The van der Waals surface area contributed by atoms with Crippen molar-refractivity contribution in [3.05, 3.63) is 64.9 Å². The third-order valence-electron chi connectivity index (χ3n) is 3.25. The van der Waals surface area contributed by atoms with Gasteiger partial charge in [-0.3, -0.25) is 14.6 Å². The van der Waals surface area contributed by atoms with E-state index in [0.29, 0.717) is 17.1 Å². The van der Waals surface area contributed by atoms with Crippen molar-refractivity contribution in [3.8, 4) is 0 Å². The molecule has 5 nitrogen and oxygen atoms in total. The number of esters is 1. The number of amides is 1. The van der Waals surface area contributed by atoms with E-state index in [1.165, 1.54) is 7.11 Å². The second kappa shape index (κ2) is 8.29. The molecule has 0 radical (unpaired) electrons. The first-order valence-corrected chi connectivity index (χ1v) is 7.49. The molecule has 0 atom stereocenters. The van der Waals surface area contributed by atoms with Crippen molar-refractivity contribution in [2.45, 2.75) is 13.0 Å². The summed E-state index contributed by atoms with van der Waals surface area (Å²) in [5.74, 6) is -0.572. The van der Waals surface area contributed by atoms with Crippen LogP contribution in [0.1, 0.15) is 22.5 Å². The Kier molecular flexibility index (Phi) is 6.11. The number of benzene rings is 1. The molecule has 120 valence electrons. The Morgan fingerprint density at radius 3 is 2.70 bits per heavy atom. The number of hydrogen-bond acceptors (Lipinski definition) is 4. The lowest BCUT2D eigenvalue weighted by Gasteiger charge is -2.22. The fourth-order valence-corrected chi connectivity index (χ4v) is 2.26. The van der Waals surface area contributed by atoms with E-state index < -0.39 is 0 Å². The second-order valence-electron chi connectivity index (χ2n) is 4.88. The Hall–Kier alpha value is -2.40. The van der Waals surface area contributed by atoms with Crippen LogP contribution < -0.4 is 0 Å². The minimum atomic E-state index is -0.366. The maximum atomic E-state index is 12.7. The number of carbonyl (C=O) groups excluding carboxylic acids is 2. The molecular formula is C17H17ClN2O3. The van der Waals surface area contributed by atoms with Crippen LogP contribution in [0.2, 0.25) is 5.02 Å². The lowest BCUT2D eigenvalue weighted by molar-refractivity contribution is -0.140. The van der Waals surface area contributed by atoms with Gasteiger partial charge in [-0.05, 0) is 30.3 Å². The maximum absolute atomic E-state index is 12.7. The van der Waals surface area contributed by atoms with Crippen LogP contribution in [0.15, 0.2) is 48.7 Å².